The highest BCUT2D eigenvalue weighted by Crippen LogP contribution is 2.06. The zero-order chi connectivity index (χ0) is 11.1. The van der Waals surface area contributed by atoms with Gasteiger partial charge in [0.25, 0.3) is 0 Å². The Kier molecular flexibility index (Phi) is 5.36. The Morgan fingerprint density at radius 3 is 2.93 bits per heavy atom. The van der Waals surface area contributed by atoms with Crippen molar-refractivity contribution in [3.8, 4) is 0 Å². The molecule has 0 fully saturated rings. The maximum Gasteiger partial charge on any atom is 0.0521 e. The number of rotatable bonds is 7. The summed E-state index contributed by atoms with van der Waals surface area (Å²) in [4.78, 5) is 0. The van der Waals surface area contributed by atoms with E-state index in [4.69, 9.17) is 10.5 Å². The smallest absolute Gasteiger partial charge is 0.0521 e. The topological polar surface area (TPSA) is 53.1 Å². The van der Waals surface area contributed by atoms with Gasteiger partial charge in [-0.15, -0.1) is 0 Å². The van der Waals surface area contributed by atoms with Gasteiger partial charge in [-0.05, 0) is 31.2 Å². The molecule has 1 unspecified atom stereocenters. The molecule has 0 spiro atoms. The second-order valence-electron chi connectivity index (χ2n) is 3.96. The molecule has 1 rings (SSSR count). The predicted molar refractivity (Wildman–Crippen MR) is 60.6 cm³/mol. The molecule has 0 aliphatic rings. The first-order valence-corrected chi connectivity index (χ1v) is 5.44. The molecule has 1 atom stereocenters. The molecule has 0 saturated heterocycles. The van der Waals surface area contributed by atoms with Crippen molar-refractivity contribution in [2.75, 3.05) is 13.7 Å². The van der Waals surface area contributed by atoms with Crippen LogP contribution in [-0.4, -0.2) is 29.5 Å². The molecular weight excluding hydrogens is 190 g/mol. The summed E-state index contributed by atoms with van der Waals surface area (Å²) in [6.45, 7) is 0.806. The van der Waals surface area contributed by atoms with Gasteiger partial charge in [-0.1, -0.05) is 0 Å². The number of hydrogen-bond donors (Lipinski definition) is 1. The van der Waals surface area contributed by atoms with Crippen LogP contribution >= 0.6 is 0 Å². The van der Waals surface area contributed by atoms with Crippen LogP contribution in [0.5, 0.6) is 0 Å². The third-order valence-corrected chi connectivity index (χ3v) is 2.49. The van der Waals surface area contributed by atoms with E-state index < -0.39 is 0 Å². The predicted octanol–water partition coefficient (Wildman–Crippen LogP) is 1.11. The molecule has 4 heteroatoms. The lowest BCUT2D eigenvalue weighted by molar-refractivity contribution is 0.190. The van der Waals surface area contributed by atoms with E-state index in [1.54, 1.807) is 7.11 Å². The third kappa shape index (κ3) is 4.95. The lowest BCUT2D eigenvalue weighted by Gasteiger charge is -2.09. The van der Waals surface area contributed by atoms with E-state index >= 15 is 0 Å². The van der Waals surface area contributed by atoms with Gasteiger partial charge >= 0.3 is 0 Å². The summed E-state index contributed by atoms with van der Waals surface area (Å²) in [6, 6.07) is 0.278. The molecule has 0 aromatic carbocycles. The van der Waals surface area contributed by atoms with E-state index in [1.165, 1.54) is 5.56 Å². The lowest BCUT2D eigenvalue weighted by Crippen LogP contribution is -2.21. The van der Waals surface area contributed by atoms with Crippen molar-refractivity contribution in [3.63, 3.8) is 0 Å². The van der Waals surface area contributed by atoms with Gasteiger partial charge in [0.05, 0.1) is 6.20 Å². The molecule has 0 amide bonds. The van der Waals surface area contributed by atoms with Crippen molar-refractivity contribution in [2.45, 2.75) is 31.7 Å². The maximum atomic E-state index is 5.99. The minimum atomic E-state index is 0.278. The Labute approximate surface area is 91.4 Å². The monoisotopic (exact) mass is 211 g/mol. The summed E-state index contributed by atoms with van der Waals surface area (Å²) in [5.74, 6) is 0. The van der Waals surface area contributed by atoms with Crippen LogP contribution in [-0.2, 0) is 18.2 Å². The van der Waals surface area contributed by atoms with Gasteiger partial charge in [-0.3, -0.25) is 4.68 Å². The molecule has 0 bridgehead atoms. The van der Waals surface area contributed by atoms with Crippen LogP contribution in [0, 0.1) is 0 Å². The summed E-state index contributed by atoms with van der Waals surface area (Å²) >= 11 is 0. The van der Waals surface area contributed by atoms with Gasteiger partial charge in [0.15, 0.2) is 0 Å². The molecule has 0 aliphatic carbocycles. The van der Waals surface area contributed by atoms with E-state index in [-0.39, 0.29) is 6.04 Å². The Bertz CT molecular complexity index is 273. The molecule has 2 N–H and O–H groups in total. The van der Waals surface area contributed by atoms with Crippen LogP contribution < -0.4 is 5.73 Å². The second kappa shape index (κ2) is 6.58. The number of aryl methyl sites for hydroxylation is 2. The Hall–Kier alpha value is -0.870. The first-order valence-electron chi connectivity index (χ1n) is 5.44. The molecule has 1 aromatic rings. The lowest BCUT2D eigenvalue weighted by atomic mass is 10.0. The van der Waals surface area contributed by atoms with E-state index in [1.807, 2.05) is 24.1 Å². The summed E-state index contributed by atoms with van der Waals surface area (Å²) < 4.78 is 6.81. The van der Waals surface area contributed by atoms with Crippen LogP contribution in [0.3, 0.4) is 0 Å². The highest BCUT2D eigenvalue weighted by molar-refractivity contribution is 5.03. The number of ether oxygens (including phenoxy) is 1. The van der Waals surface area contributed by atoms with Crippen molar-refractivity contribution in [1.82, 2.24) is 9.78 Å². The van der Waals surface area contributed by atoms with Crippen molar-refractivity contribution in [2.24, 2.45) is 12.8 Å². The van der Waals surface area contributed by atoms with Crippen LogP contribution in [0.1, 0.15) is 24.8 Å². The molecule has 4 nitrogen and oxygen atoms in total. The number of nitrogens with zero attached hydrogens (tertiary/aromatic N) is 2. The minimum Gasteiger partial charge on any atom is -0.385 e. The molecule has 0 radical (unpaired) electrons. The molecule has 0 saturated carbocycles. The largest absolute Gasteiger partial charge is 0.385 e. The maximum absolute atomic E-state index is 5.99. The van der Waals surface area contributed by atoms with E-state index in [0.29, 0.717) is 0 Å². The molecular formula is C11H21N3O. The zero-order valence-electron chi connectivity index (χ0n) is 9.65. The summed E-state index contributed by atoms with van der Waals surface area (Å²) in [5, 5.41) is 4.13. The van der Waals surface area contributed by atoms with Crippen LogP contribution in [0.4, 0.5) is 0 Å². The van der Waals surface area contributed by atoms with Crippen LogP contribution in [0.2, 0.25) is 0 Å². The van der Waals surface area contributed by atoms with Crippen molar-refractivity contribution in [1.29, 1.82) is 0 Å². The zero-order valence-corrected chi connectivity index (χ0v) is 9.65. The molecule has 1 heterocycles. The van der Waals surface area contributed by atoms with Crippen molar-refractivity contribution < 1.29 is 4.74 Å². The van der Waals surface area contributed by atoms with E-state index in [0.717, 1.165) is 32.3 Å². The van der Waals surface area contributed by atoms with E-state index in [9.17, 15) is 0 Å². The van der Waals surface area contributed by atoms with Gasteiger partial charge < -0.3 is 10.5 Å². The quantitative estimate of drug-likeness (QED) is 0.687. The van der Waals surface area contributed by atoms with Gasteiger partial charge in [-0.25, -0.2) is 0 Å². The highest BCUT2D eigenvalue weighted by atomic mass is 16.5. The van der Waals surface area contributed by atoms with Crippen LogP contribution in [0.25, 0.3) is 0 Å². The van der Waals surface area contributed by atoms with Crippen molar-refractivity contribution in [3.05, 3.63) is 18.0 Å². The minimum absolute atomic E-state index is 0.278. The average Bonchev–Trinajstić information content (AvgIpc) is 2.62. The van der Waals surface area contributed by atoms with Crippen molar-refractivity contribution >= 4 is 0 Å². The number of nitrogens with two attached hydrogens (primary N) is 1. The fraction of sp³-hybridized carbons (Fsp3) is 0.727. The first-order chi connectivity index (χ1) is 7.22. The Balaban J connectivity index is 2.13. The fourth-order valence-electron chi connectivity index (χ4n) is 1.59. The number of methoxy groups -OCH3 is 1. The standard InChI is InChI=1S/C11H21N3O/c1-14-9-10(8-13-14)5-6-11(12)4-3-7-15-2/h8-9,11H,3-7,12H2,1-2H3. The molecule has 0 aliphatic heterocycles. The van der Waals surface area contributed by atoms with Crippen LogP contribution in [0.15, 0.2) is 12.4 Å². The van der Waals surface area contributed by atoms with Gasteiger partial charge in [0.2, 0.25) is 0 Å². The Morgan fingerprint density at radius 1 is 1.53 bits per heavy atom. The third-order valence-electron chi connectivity index (χ3n) is 2.49. The summed E-state index contributed by atoms with van der Waals surface area (Å²) in [6.07, 6.45) is 8.07. The first kappa shape index (κ1) is 12.2. The number of hydrogen-bond acceptors (Lipinski definition) is 3. The normalized spacial score (nSPS) is 13.0. The highest BCUT2D eigenvalue weighted by Gasteiger charge is 2.03. The molecule has 1 aromatic heterocycles. The molecule has 15 heavy (non-hydrogen) atoms. The second-order valence-corrected chi connectivity index (χ2v) is 3.96. The summed E-state index contributed by atoms with van der Waals surface area (Å²) in [7, 11) is 3.66. The fourth-order valence-corrected chi connectivity index (χ4v) is 1.59. The van der Waals surface area contributed by atoms with Gasteiger partial charge in [-0.2, -0.15) is 5.10 Å². The van der Waals surface area contributed by atoms with E-state index in [2.05, 4.69) is 5.10 Å². The van der Waals surface area contributed by atoms with Gasteiger partial charge in [0.1, 0.15) is 0 Å². The average molecular weight is 211 g/mol. The Morgan fingerprint density at radius 2 is 2.33 bits per heavy atom. The SMILES string of the molecule is COCCCC(N)CCc1cnn(C)c1. The summed E-state index contributed by atoms with van der Waals surface area (Å²) in [5.41, 5.74) is 7.25. The number of aromatic nitrogens is 2. The molecule has 86 valence electrons. The van der Waals surface area contributed by atoms with Gasteiger partial charge in [0, 0.05) is 33.0 Å².